The number of nitrogens with two attached hydrogens (primary N) is 1. The van der Waals surface area contributed by atoms with Gasteiger partial charge in [-0.15, -0.1) is 0 Å². The highest BCUT2D eigenvalue weighted by Crippen LogP contribution is 2.35. The first kappa shape index (κ1) is 21.5. The lowest BCUT2D eigenvalue weighted by molar-refractivity contribution is 0.1000. The van der Waals surface area contributed by atoms with Gasteiger partial charge in [0.2, 0.25) is 0 Å². The third kappa shape index (κ3) is 4.06. The molecule has 0 saturated carbocycles. The fourth-order valence-electron chi connectivity index (χ4n) is 4.05. The first-order valence-electron chi connectivity index (χ1n) is 10.3. The molecule has 0 saturated heterocycles. The lowest BCUT2D eigenvalue weighted by Crippen LogP contribution is -2.14. The number of methoxy groups -OCH3 is 1. The summed E-state index contributed by atoms with van der Waals surface area (Å²) in [5.74, 6) is 0.445. The first-order chi connectivity index (χ1) is 14.4. The largest absolute Gasteiger partial charge is 0.496 e. The molecule has 0 aliphatic carbocycles. The minimum Gasteiger partial charge on any atom is -0.496 e. The quantitative estimate of drug-likeness (QED) is 0.594. The number of amides is 1. The Bertz CT molecular complexity index is 1030. The molecule has 2 aromatic carbocycles. The second-order valence-electron chi connectivity index (χ2n) is 7.74. The van der Waals surface area contributed by atoms with Gasteiger partial charge in [0.15, 0.2) is 0 Å². The molecule has 1 amide bonds. The van der Waals surface area contributed by atoms with E-state index in [2.05, 4.69) is 46.7 Å². The number of aromatic nitrogens is 1. The fraction of sp³-hybridized carbons (Fsp3) is 0.320. The van der Waals surface area contributed by atoms with Gasteiger partial charge >= 0.3 is 0 Å². The number of primary amides is 1. The summed E-state index contributed by atoms with van der Waals surface area (Å²) < 4.78 is 7.77. The number of carbonyl (C=O) groups is 1. The van der Waals surface area contributed by atoms with E-state index in [9.17, 15) is 4.79 Å². The third-order valence-electron chi connectivity index (χ3n) is 5.56. The molecule has 3 aromatic rings. The number of anilines is 1. The molecule has 30 heavy (non-hydrogen) atoms. The van der Waals surface area contributed by atoms with Crippen molar-refractivity contribution < 1.29 is 9.53 Å². The maximum absolute atomic E-state index is 12.5. The molecular formula is C25H31N3O2. The van der Waals surface area contributed by atoms with E-state index in [0.29, 0.717) is 12.1 Å². The molecule has 0 unspecified atom stereocenters. The van der Waals surface area contributed by atoms with Crippen LogP contribution in [0.3, 0.4) is 0 Å². The minimum atomic E-state index is -0.393. The van der Waals surface area contributed by atoms with Crippen LogP contribution in [-0.4, -0.2) is 31.7 Å². The Labute approximate surface area is 179 Å². The van der Waals surface area contributed by atoms with Gasteiger partial charge in [0.1, 0.15) is 5.75 Å². The summed E-state index contributed by atoms with van der Waals surface area (Å²) in [6.45, 7) is 4.76. The average Bonchev–Trinajstić information content (AvgIpc) is 3.00. The summed E-state index contributed by atoms with van der Waals surface area (Å²) in [5.41, 5.74) is 12.6. The molecule has 0 fully saturated rings. The Kier molecular flexibility index (Phi) is 6.50. The van der Waals surface area contributed by atoms with E-state index in [1.165, 1.54) is 0 Å². The van der Waals surface area contributed by atoms with E-state index < -0.39 is 5.91 Å². The molecule has 0 aliphatic heterocycles. The van der Waals surface area contributed by atoms with Crippen molar-refractivity contribution in [3.63, 3.8) is 0 Å². The number of hydrogen-bond donors (Lipinski definition) is 1. The van der Waals surface area contributed by atoms with Crippen LogP contribution in [0.25, 0.3) is 11.1 Å². The normalized spacial score (nSPS) is 10.8. The van der Waals surface area contributed by atoms with Gasteiger partial charge in [-0.1, -0.05) is 43.7 Å². The van der Waals surface area contributed by atoms with E-state index in [4.69, 9.17) is 10.5 Å². The van der Waals surface area contributed by atoms with Crippen LogP contribution >= 0.6 is 0 Å². The minimum absolute atomic E-state index is 0.393. The highest BCUT2D eigenvalue weighted by atomic mass is 16.5. The van der Waals surface area contributed by atoms with Crippen molar-refractivity contribution in [2.24, 2.45) is 5.73 Å². The second-order valence-corrected chi connectivity index (χ2v) is 7.74. The topological polar surface area (TPSA) is 60.5 Å². The van der Waals surface area contributed by atoms with Gasteiger partial charge in [0.25, 0.3) is 5.91 Å². The second kappa shape index (κ2) is 9.08. The van der Waals surface area contributed by atoms with Crippen LogP contribution in [0.4, 0.5) is 5.69 Å². The van der Waals surface area contributed by atoms with Gasteiger partial charge in [-0.2, -0.15) is 0 Å². The molecule has 0 bridgehead atoms. The Morgan fingerprint density at radius 2 is 1.77 bits per heavy atom. The summed E-state index contributed by atoms with van der Waals surface area (Å²) in [5, 5.41) is 0. The zero-order chi connectivity index (χ0) is 21.8. The van der Waals surface area contributed by atoms with Crippen LogP contribution in [0.2, 0.25) is 0 Å². The summed E-state index contributed by atoms with van der Waals surface area (Å²) >= 11 is 0. The van der Waals surface area contributed by atoms with Crippen LogP contribution in [0, 0.1) is 6.92 Å². The highest BCUT2D eigenvalue weighted by molar-refractivity contribution is 6.02. The molecule has 1 aromatic heterocycles. The molecule has 2 N–H and O–H groups in total. The van der Waals surface area contributed by atoms with Gasteiger partial charge in [-0.05, 0) is 37.1 Å². The lowest BCUT2D eigenvalue weighted by atomic mass is 9.97. The smallest absolute Gasteiger partial charge is 0.251 e. The van der Waals surface area contributed by atoms with E-state index in [0.717, 1.165) is 52.4 Å². The number of nitrogens with zero attached hydrogens (tertiary/aromatic N) is 2. The zero-order valence-corrected chi connectivity index (χ0v) is 18.5. The van der Waals surface area contributed by atoms with E-state index in [1.807, 2.05) is 39.2 Å². The van der Waals surface area contributed by atoms with E-state index in [1.54, 1.807) is 7.11 Å². The molecule has 1 heterocycles. The molecule has 0 atom stereocenters. The molecule has 0 radical (unpaired) electrons. The van der Waals surface area contributed by atoms with Crippen molar-refractivity contribution in [2.45, 2.75) is 33.2 Å². The highest BCUT2D eigenvalue weighted by Gasteiger charge is 2.25. The summed E-state index contributed by atoms with van der Waals surface area (Å²) in [6.07, 6.45) is 1.82. The molecule has 3 rings (SSSR count). The van der Waals surface area contributed by atoms with Crippen molar-refractivity contribution in [3.05, 3.63) is 71.0 Å². The fourth-order valence-corrected chi connectivity index (χ4v) is 4.05. The van der Waals surface area contributed by atoms with Crippen LogP contribution in [-0.2, 0) is 13.0 Å². The standard InChI is InChI=1S/C25H31N3O2/c1-6-9-21-24(18-12-14-20(15-13-18)27(3)4)23(25(26)29)17(2)28(21)16-19-10-7-8-11-22(19)30-5/h7-8,10-15H,6,9,16H2,1-5H3,(H2,26,29). The number of benzene rings is 2. The van der Waals surface area contributed by atoms with Crippen molar-refractivity contribution in [1.82, 2.24) is 4.57 Å². The number of para-hydroxylation sites is 1. The molecule has 0 aliphatic rings. The predicted octanol–water partition coefficient (Wildman–Crippen LogP) is 4.64. The van der Waals surface area contributed by atoms with E-state index in [-0.39, 0.29) is 0 Å². The number of hydrogen-bond acceptors (Lipinski definition) is 3. The molecule has 158 valence electrons. The van der Waals surface area contributed by atoms with Gasteiger partial charge in [0, 0.05) is 42.3 Å². The van der Waals surface area contributed by atoms with Crippen molar-refractivity contribution in [3.8, 4) is 16.9 Å². The maximum atomic E-state index is 12.5. The van der Waals surface area contributed by atoms with Crippen LogP contribution in [0.5, 0.6) is 5.75 Å². The van der Waals surface area contributed by atoms with Gasteiger partial charge in [-0.3, -0.25) is 4.79 Å². The first-order valence-corrected chi connectivity index (χ1v) is 10.3. The number of rotatable bonds is 8. The molecule has 5 heteroatoms. The van der Waals surface area contributed by atoms with Gasteiger partial charge in [-0.25, -0.2) is 0 Å². The van der Waals surface area contributed by atoms with Crippen LogP contribution in [0.1, 0.15) is 40.7 Å². The lowest BCUT2D eigenvalue weighted by Gasteiger charge is -2.16. The van der Waals surface area contributed by atoms with Crippen molar-refractivity contribution in [1.29, 1.82) is 0 Å². The molecule has 5 nitrogen and oxygen atoms in total. The number of carbonyl (C=O) groups excluding carboxylic acids is 1. The molecular weight excluding hydrogens is 374 g/mol. The summed E-state index contributed by atoms with van der Waals surface area (Å²) in [6, 6.07) is 16.3. The van der Waals surface area contributed by atoms with Crippen LogP contribution in [0.15, 0.2) is 48.5 Å². The zero-order valence-electron chi connectivity index (χ0n) is 18.5. The maximum Gasteiger partial charge on any atom is 0.251 e. The SMILES string of the molecule is CCCc1c(-c2ccc(N(C)C)cc2)c(C(N)=O)c(C)n1Cc1ccccc1OC. The molecule has 0 spiro atoms. The van der Waals surface area contributed by atoms with Gasteiger partial charge in [0.05, 0.1) is 19.2 Å². The third-order valence-corrected chi connectivity index (χ3v) is 5.56. The van der Waals surface area contributed by atoms with Crippen molar-refractivity contribution in [2.75, 3.05) is 26.1 Å². The Balaban J connectivity index is 2.21. The monoisotopic (exact) mass is 405 g/mol. The summed E-state index contributed by atoms with van der Waals surface area (Å²) in [4.78, 5) is 14.6. The van der Waals surface area contributed by atoms with E-state index >= 15 is 0 Å². The Hall–Kier alpha value is -3.21. The Morgan fingerprint density at radius 3 is 2.33 bits per heavy atom. The average molecular weight is 406 g/mol. The van der Waals surface area contributed by atoms with Crippen LogP contribution < -0.4 is 15.4 Å². The summed E-state index contributed by atoms with van der Waals surface area (Å²) in [7, 11) is 5.71. The predicted molar refractivity (Wildman–Crippen MR) is 124 cm³/mol. The van der Waals surface area contributed by atoms with Gasteiger partial charge < -0.3 is 19.9 Å². The Morgan fingerprint density at radius 1 is 1.10 bits per heavy atom. The van der Waals surface area contributed by atoms with Crippen molar-refractivity contribution >= 4 is 11.6 Å². The number of ether oxygens (including phenoxy) is 1.